The zero-order chi connectivity index (χ0) is 16.2. The first kappa shape index (κ1) is 16.9. The Balaban J connectivity index is 1.70. The van der Waals surface area contributed by atoms with Crippen molar-refractivity contribution in [1.82, 2.24) is 10.0 Å². The van der Waals surface area contributed by atoms with E-state index in [1.165, 1.54) is 13.0 Å². The molecule has 1 aliphatic carbocycles. The van der Waals surface area contributed by atoms with Gasteiger partial charge in [-0.25, -0.2) is 13.1 Å². The molecule has 1 atom stereocenters. The number of amides is 1. The molecule has 9 heteroatoms. The van der Waals surface area contributed by atoms with Crippen LogP contribution in [0.2, 0.25) is 0 Å². The largest absolute Gasteiger partial charge is 0.453 e. The van der Waals surface area contributed by atoms with Crippen LogP contribution in [-0.2, 0) is 24.3 Å². The molecular formula is C13H18N2O5S2. The second-order valence-corrected chi connectivity index (χ2v) is 7.94. The minimum Gasteiger partial charge on any atom is -0.453 e. The van der Waals surface area contributed by atoms with Gasteiger partial charge >= 0.3 is 5.97 Å². The Morgan fingerprint density at radius 1 is 1.45 bits per heavy atom. The van der Waals surface area contributed by atoms with E-state index in [4.69, 9.17) is 4.74 Å². The van der Waals surface area contributed by atoms with Gasteiger partial charge in [0.2, 0.25) is 10.0 Å². The summed E-state index contributed by atoms with van der Waals surface area (Å²) in [6.45, 7) is 1.42. The molecule has 0 aromatic carbocycles. The van der Waals surface area contributed by atoms with Crippen LogP contribution in [0.1, 0.15) is 26.2 Å². The zero-order valence-electron chi connectivity index (χ0n) is 12.1. The van der Waals surface area contributed by atoms with Gasteiger partial charge in [-0.2, -0.15) is 0 Å². The van der Waals surface area contributed by atoms with Gasteiger partial charge in [-0.3, -0.25) is 9.59 Å². The Bertz CT molecular complexity index is 623. The standard InChI is InChI=1S/C13H18N2O5S2/c1-9(13(17)15-10-4-5-10)20-11(16)6-7-14-22(18,19)12-3-2-8-21-12/h2-3,8-10,14H,4-7H2,1H3,(H,15,17)/t9-/m1/s1. The van der Waals surface area contributed by atoms with Crippen molar-refractivity contribution < 1.29 is 22.7 Å². The normalized spacial score (nSPS) is 16.0. The summed E-state index contributed by atoms with van der Waals surface area (Å²) in [5, 5.41) is 4.39. The predicted octanol–water partition coefficient (Wildman–Crippen LogP) is 0.627. The molecule has 2 rings (SSSR count). The van der Waals surface area contributed by atoms with Crippen molar-refractivity contribution in [2.24, 2.45) is 0 Å². The zero-order valence-corrected chi connectivity index (χ0v) is 13.7. The molecule has 7 nitrogen and oxygen atoms in total. The molecule has 0 spiro atoms. The SMILES string of the molecule is C[C@@H](OC(=O)CCNS(=O)(=O)c1cccs1)C(=O)NC1CC1. The van der Waals surface area contributed by atoms with Crippen LogP contribution in [0.3, 0.4) is 0 Å². The maximum absolute atomic E-state index is 11.8. The average Bonchev–Trinajstić information content (AvgIpc) is 3.06. The molecule has 122 valence electrons. The van der Waals surface area contributed by atoms with Crippen LogP contribution in [0, 0.1) is 0 Å². The molecule has 1 heterocycles. The van der Waals surface area contributed by atoms with Crippen LogP contribution >= 0.6 is 11.3 Å². The third-order valence-corrected chi connectivity index (χ3v) is 5.84. The molecule has 1 fully saturated rings. The summed E-state index contributed by atoms with van der Waals surface area (Å²) in [5.41, 5.74) is 0. The highest BCUT2D eigenvalue weighted by Crippen LogP contribution is 2.19. The van der Waals surface area contributed by atoms with Crippen LogP contribution in [-0.4, -0.2) is 39.0 Å². The summed E-state index contributed by atoms with van der Waals surface area (Å²) in [5.74, 6) is -0.942. The molecule has 1 amide bonds. The summed E-state index contributed by atoms with van der Waals surface area (Å²) in [6.07, 6.45) is 0.904. The molecule has 1 saturated carbocycles. The first-order chi connectivity index (χ1) is 10.4. The van der Waals surface area contributed by atoms with Crippen molar-refractivity contribution in [3.05, 3.63) is 17.5 Å². The van der Waals surface area contributed by atoms with Gasteiger partial charge in [-0.1, -0.05) is 6.07 Å². The molecule has 0 saturated heterocycles. The van der Waals surface area contributed by atoms with Gasteiger partial charge < -0.3 is 10.1 Å². The summed E-state index contributed by atoms with van der Waals surface area (Å²) in [4.78, 5) is 23.2. The van der Waals surface area contributed by atoms with E-state index in [-0.39, 0.29) is 29.1 Å². The molecule has 0 bridgehead atoms. The van der Waals surface area contributed by atoms with E-state index in [1.54, 1.807) is 11.4 Å². The number of thiophene rings is 1. The molecule has 0 aliphatic heterocycles. The Hall–Kier alpha value is -1.45. The Morgan fingerprint density at radius 2 is 2.18 bits per heavy atom. The summed E-state index contributed by atoms with van der Waals surface area (Å²) >= 11 is 1.10. The molecule has 1 aromatic rings. The molecule has 1 aromatic heterocycles. The first-order valence-corrected chi connectivity index (χ1v) is 9.28. The highest BCUT2D eigenvalue weighted by atomic mass is 32.2. The average molecular weight is 346 g/mol. The monoisotopic (exact) mass is 346 g/mol. The van der Waals surface area contributed by atoms with Crippen molar-refractivity contribution in [2.75, 3.05) is 6.54 Å². The van der Waals surface area contributed by atoms with Gasteiger partial charge in [0.1, 0.15) is 4.21 Å². The number of hydrogen-bond acceptors (Lipinski definition) is 6. The number of hydrogen-bond donors (Lipinski definition) is 2. The second kappa shape index (κ2) is 7.21. The fraction of sp³-hybridized carbons (Fsp3) is 0.538. The molecule has 22 heavy (non-hydrogen) atoms. The lowest BCUT2D eigenvalue weighted by atomic mass is 10.3. The lowest BCUT2D eigenvalue weighted by Crippen LogP contribution is -2.37. The van der Waals surface area contributed by atoms with E-state index in [0.717, 1.165) is 24.2 Å². The highest BCUT2D eigenvalue weighted by Gasteiger charge is 2.27. The Kier molecular flexibility index (Phi) is 5.54. The fourth-order valence-corrected chi connectivity index (χ4v) is 3.70. The lowest BCUT2D eigenvalue weighted by molar-refractivity contribution is -0.154. The van der Waals surface area contributed by atoms with E-state index in [9.17, 15) is 18.0 Å². The lowest BCUT2D eigenvalue weighted by Gasteiger charge is -2.13. The molecular weight excluding hydrogens is 328 g/mol. The Labute approximate surface area is 133 Å². The van der Waals surface area contributed by atoms with Gasteiger partial charge in [0.25, 0.3) is 5.91 Å². The number of sulfonamides is 1. The van der Waals surface area contributed by atoms with Gasteiger partial charge in [0.15, 0.2) is 6.10 Å². The molecule has 1 aliphatic rings. The van der Waals surface area contributed by atoms with Crippen molar-refractivity contribution in [3.8, 4) is 0 Å². The van der Waals surface area contributed by atoms with Crippen molar-refractivity contribution in [1.29, 1.82) is 0 Å². The number of esters is 1. The van der Waals surface area contributed by atoms with Gasteiger partial charge in [-0.05, 0) is 31.2 Å². The Morgan fingerprint density at radius 3 is 2.77 bits per heavy atom. The van der Waals surface area contributed by atoms with Crippen LogP contribution < -0.4 is 10.0 Å². The number of carbonyl (C=O) groups excluding carboxylic acids is 2. The number of nitrogens with one attached hydrogen (secondary N) is 2. The van der Waals surface area contributed by atoms with E-state index in [0.29, 0.717) is 0 Å². The predicted molar refractivity (Wildman–Crippen MR) is 80.8 cm³/mol. The topological polar surface area (TPSA) is 102 Å². The molecule has 0 unspecified atom stereocenters. The molecule has 2 N–H and O–H groups in total. The minimum absolute atomic E-state index is 0.0734. The number of carbonyl (C=O) groups is 2. The number of rotatable bonds is 8. The van der Waals surface area contributed by atoms with Crippen LogP contribution in [0.15, 0.2) is 21.7 Å². The highest BCUT2D eigenvalue weighted by molar-refractivity contribution is 7.91. The van der Waals surface area contributed by atoms with Crippen molar-refractivity contribution in [2.45, 2.75) is 42.5 Å². The maximum atomic E-state index is 11.8. The fourth-order valence-electron chi connectivity index (χ4n) is 1.63. The van der Waals surface area contributed by atoms with Crippen LogP contribution in [0.4, 0.5) is 0 Å². The summed E-state index contributed by atoms with van der Waals surface area (Å²) in [7, 11) is -3.58. The van der Waals surface area contributed by atoms with E-state index >= 15 is 0 Å². The van der Waals surface area contributed by atoms with Crippen molar-refractivity contribution >= 4 is 33.2 Å². The van der Waals surface area contributed by atoms with Crippen LogP contribution in [0.5, 0.6) is 0 Å². The van der Waals surface area contributed by atoms with Crippen molar-refractivity contribution in [3.63, 3.8) is 0 Å². The van der Waals surface area contributed by atoms with E-state index in [1.807, 2.05) is 0 Å². The van der Waals surface area contributed by atoms with Gasteiger partial charge in [0.05, 0.1) is 6.42 Å². The smallest absolute Gasteiger partial charge is 0.307 e. The summed E-state index contributed by atoms with van der Waals surface area (Å²) < 4.78 is 31.1. The third kappa shape index (κ3) is 5.08. The van der Waals surface area contributed by atoms with E-state index in [2.05, 4.69) is 10.0 Å². The maximum Gasteiger partial charge on any atom is 0.307 e. The number of ether oxygens (including phenoxy) is 1. The van der Waals surface area contributed by atoms with Gasteiger partial charge in [0, 0.05) is 12.6 Å². The first-order valence-electron chi connectivity index (χ1n) is 6.91. The summed E-state index contributed by atoms with van der Waals surface area (Å²) in [6, 6.07) is 3.31. The third-order valence-electron chi connectivity index (χ3n) is 2.98. The second-order valence-electron chi connectivity index (χ2n) is 4.99. The van der Waals surface area contributed by atoms with Gasteiger partial charge in [-0.15, -0.1) is 11.3 Å². The minimum atomic E-state index is -3.58. The molecule has 0 radical (unpaired) electrons. The van der Waals surface area contributed by atoms with Crippen LogP contribution in [0.25, 0.3) is 0 Å². The quantitative estimate of drug-likeness (QED) is 0.672. The van der Waals surface area contributed by atoms with E-state index < -0.39 is 22.1 Å².